The number of hydrogen-bond acceptors (Lipinski definition) is 6. The Bertz CT molecular complexity index is 787. The van der Waals surface area contributed by atoms with Gasteiger partial charge < -0.3 is 15.4 Å². The zero-order chi connectivity index (χ0) is 16.5. The average molecular weight is 329 g/mol. The van der Waals surface area contributed by atoms with E-state index in [1.165, 1.54) is 12.1 Å². The van der Waals surface area contributed by atoms with Crippen LogP contribution in [0.4, 0.5) is 4.39 Å². The normalized spacial score (nSPS) is 20.0. The molecule has 0 aromatic heterocycles. The van der Waals surface area contributed by atoms with E-state index in [2.05, 4.69) is 21.1 Å². The molecule has 0 atom stereocenters. The fraction of sp³-hybridized carbons (Fsp3) is 0.250. The molecule has 7 nitrogen and oxygen atoms in total. The van der Waals surface area contributed by atoms with Gasteiger partial charge in [-0.25, -0.2) is 14.8 Å². The first kappa shape index (κ1) is 14.7. The van der Waals surface area contributed by atoms with Crippen molar-refractivity contribution in [2.45, 2.75) is 6.54 Å². The maximum atomic E-state index is 13.5. The van der Waals surface area contributed by atoms with Crippen LogP contribution in [-0.4, -0.2) is 36.4 Å². The summed E-state index contributed by atoms with van der Waals surface area (Å²) in [6.45, 7) is 1.44. The summed E-state index contributed by atoms with van der Waals surface area (Å²) in [6, 6.07) is 4.38. The van der Waals surface area contributed by atoms with Gasteiger partial charge in [-0.05, 0) is 24.3 Å². The number of carbonyl (C=O) groups excluding carboxylic acids is 1. The molecule has 0 aliphatic carbocycles. The third kappa shape index (κ3) is 2.71. The number of amidine groups is 1. The van der Waals surface area contributed by atoms with Crippen LogP contribution in [-0.2, 0) is 11.3 Å². The fourth-order valence-electron chi connectivity index (χ4n) is 2.73. The lowest BCUT2D eigenvalue weighted by Gasteiger charge is -2.20. The summed E-state index contributed by atoms with van der Waals surface area (Å²) < 4.78 is 19.2. The molecule has 3 aliphatic rings. The van der Waals surface area contributed by atoms with Crippen molar-refractivity contribution in [2.24, 2.45) is 4.99 Å². The fourth-order valence-corrected chi connectivity index (χ4v) is 2.73. The Balaban J connectivity index is 1.68. The number of hydrogen-bond donors (Lipinski definition) is 3. The molecular weight excluding hydrogens is 313 g/mol. The number of ether oxygens (including phenoxy) is 1. The zero-order valence-electron chi connectivity index (χ0n) is 12.8. The second kappa shape index (κ2) is 5.97. The van der Waals surface area contributed by atoms with E-state index in [0.29, 0.717) is 54.8 Å². The van der Waals surface area contributed by atoms with Gasteiger partial charge in [-0.3, -0.25) is 9.80 Å². The Labute approximate surface area is 137 Å². The SMILES string of the molecule is O=C1NCCOc2ccc(F)cc2CNC2=NC3=C1CNN3C=C2. The number of hydrazine groups is 1. The van der Waals surface area contributed by atoms with E-state index in [1.807, 2.05) is 0 Å². The summed E-state index contributed by atoms with van der Waals surface area (Å²) in [4.78, 5) is 16.8. The molecule has 1 aromatic rings. The van der Waals surface area contributed by atoms with Gasteiger partial charge in [0.05, 0.1) is 12.1 Å². The molecule has 4 rings (SSSR count). The van der Waals surface area contributed by atoms with E-state index in [-0.39, 0.29) is 11.7 Å². The third-order valence-corrected chi connectivity index (χ3v) is 3.93. The number of nitrogens with one attached hydrogen (secondary N) is 3. The summed E-state index contributed by atoms with van der Waals surface area (Å²) in [7, 11) is 0. The molecule has 3 aliphatic heterocycles. The largest absolute Gasteiger partial charge is 0.491 e. The van der Waals surface area contributed by atoms with Gasteiger partial charge in [-0.2, -0.15) is 0 Å². The van der Waals surface area contributed by atoms with Crippen LogP contribution in [0.2, 0.25) is 0 Å². The molecule has 2 bridgehead atoms. The van der Waals surface area contributed by atoms with Crippen LogP contribution in [0.15, 0.2) is 46.9 Å². The molecule has 3 heterocycles. The molecule has 0 fully saturated rings. The predicted molar refractivity (Wildman–Crippen MR) is 85.2 cm³/mol. The first-order chi connectivity index (χ1) is 11.7. The minimum Gasteiger partial charge on any atom is -0.491 e. The van der Waals surface area contributed by atoms with Crippen LogP contribution < -0.4 is 20.8 Å². The van der Waals surface area contributed by atoms with Crippen LogP contribution in [0.25, 0.3) is 0 Å². The van der Waals surface area contributed by atoms with Crippen LogP contribution in [0.5, 0.6) is 5.75 Å². The van der Waals surface area contributed by atoms with E-state index >= 15 is 0 Å². The van der Waals surface area contributed by atoms with Crippen LogP contribution in [0.1, 0.15) is 5.56 Å². The van der Waals surface area contributed by atoms with E-state index in [0.717, 1.165) is 0 Å². The van der Waals surface area contributed by atoms with Gasteiger partial charge >= 0.3 is 0 Å². The first-order valence-corrected chi connectivity index (χ1v) is 7.67. The molecule has 8 heteroatoms. The van der Waals surface area contributed by atoms with Gasteiger partial charge in [0.25, 0.3) is 5.91 Å². The minimum absolute atomic E-state index is 0.180. The first-order valence-electron chi connectivity index (χ1n) is 7.67. The van der Waals surface area contributed by atoms with Crippen molar-refractivity contribution in [1.82, 2.24) is 21.1 Å². The standard InChI is InChI=1S/C16H16FN5O2/c17-11-1-2-13-10(7-11)8-19-14-3-5-22-15(21-14)12(9-20-22)16(23)18-4-6-24-13/h1-3,5,7,20H,4,6,8-9H2,(H,18,23)(H,19,21). The number of carbonyl (C=O) groups is 1. The van der Waals surface area contributed by atoms with Gasteiger partial charge in [0.15, 0.2) is 5.82 Å². The van der Waals surface area contributed by atoms with Crippen LogP contribution in [0.3, 0.4) is 0 Å². The smallest absolute Gasteiger partial charge is 0.252 e. The van der Waals surface area contributed by atoms with E-state index in [9.17, 15) is 9.18 Å². The van der Waals surface area contributed by atoms with E-state index < -0.39 is 0 Å². The Kier molecular flexibility index (Phi) is 3.66. The maximum absolute atomic E-state index is 13.5. The van der Waals surface area contributed by atoms with Crippen molar-refractivity contribution < 1.29 is 13.9 Å². The Morgan fingerprint density at radius 1 is 1.25 bits per heavy atom. The van der Waals surface area contributed by atoms with Gasteiger partial charge in [0, 0.05) is 24.9 Å². The molecule has 0 spiro atoms. The molecule has 0 radical (unpaired) electrons. The van der Waals surface area contributed by atoms with Crippen LogP contribution >= 0.6 is 0 Å². The summed E-state index contributed by atoms with van der Waals surface area (Å²) >= 11 is 0. The van der Waals surface area contributed by atoms with Crippen molar-refractivity contribution in [2.75, 3.05) is 19.7 Å². The number of rotatable bonds is 0. The molecule has 1 amide bonds. The second-order valence-electron chi connectivity index (χ2n) is 5.53. The topological polar surface area (TPSA) is 78.0 Å². The molecule has 1 aromatic carbocycles. The highest BCUT2D eigenvalue weighted by atomic mass is 19.1. The second-order valence-corrected chi connectivity index (χ2v) is 5.53. The maximum Gasteiger partial charge on any atom is 0.252 e. The van der Waals surface area contributed by atoms with E-state index in [1.54, 1.807) is 23.4 Å². The summed E-state index contributed by atoms with van der Waals surface area (Å²) in [5.74, 6) is 1.25. The Morgan fingerprint density at radius 3 is 3.08 bits per heavy atom. The zero-order valence-corrected chi connectivity index (χ0v) is 12.8. The number of fused-ring (bicyclic) bond motifs is 1. The molecule has 0 saturated carbocycles. The van der Waals surface area contributed by atoms with Crippen molar-refractivity contribution >= 4 is 11.7 Å². The number of benzene rings is 1. The number of aliphatic imine (C=N–C) groups is 1. The molecule has 124 valence electrons. The summed E-state index contributed by atoms with van der Waals surface area (Å²) in [6.07, 6.45) is 3.59. The molecular formula is C16H16FN5O2. The monoisotopic (exact) mass is 329 g/mol. The Hall–Kier alpha value is -2.87. The van der Waals surface area contributed by atoms with Crippen LogP contribution in [0, 0.1) is 5.82 Å². The lowest BCUT2D eigenvalue weighted by atomic mass is 10.2. The minimum atomic E-state index is -0.325. The highest BCUT2D eigenvalue weighted by Gasteiger charge is 2.27. The number of nitrogens with zero attached hydrogens (tertiary/aromatic N) is 2. The van der Waals surface area contributed by atoms with Crippen molar-refractivity contribution in [3.63, 3.8) is 0 Å². The van der Waals surface area contributed by atoms with Gasteiger partial charge in [0.1, 0.15) is 24.0 Å². The number of amides is 1. The number of halogens is 1. The van der Waals surface area contributed by atoms with Gasteiger partial charge in [-0.15, -0.1) is 0 Å². The Morgan fingerprint density at radius 2 is 2.17 bits per heavy atom. The molecule has 0 saturated heterocycles. The highest BCUT2D eigenvalue weighted by molar-refractivity contribution is 5.98. The summed E-state index contributed by atoms with van der Waals surface area (Å²) in [5, 5.41) is 7.68. The van der Waals surface area contributed by atoms with Gasteiger partial charge in [0.2, 0.25) is 0 Å². The van der Waals surface area contributed by atoms with E-state index in [4.69, 9.17) is 4.74 Å². The lowest BCUT2D eigenvalue weighted by Crippen LogP contribution is -2.32. The van der Waals surface area contributed by atoms with Crippen molar-refractivity contribution in [1.29, 1.82) is 0 Å². The predicted octanol–water partition coefficient (Wildman–Crippen LogP) is 0.381. The quantitative estimate of drug-likeness (QED) is 0.641. The van der Waals surface area contributed by atoms with Crippen molar-refractivity contribution in [3.8, 4) is 5.75 Å². The third-order valence-electron chi connectivity index (χ3n) is 3.93. The lowest BCUT2D eigenvalue weighted by molar-refractivity contribution is -0.117. The summed E-state index contributed by atoms with van der Waals surface area (Å²) in [5.41, 5.74) is 4.34. The van der Waals surface area contributed by atoms with Gasteiger partial charge in [-0.1, -0.05) is 0 Å². The van der Waals surface area contributed by atoms with Crippen molar-refractivity contribution in [3.05, 3.63) is 53.2 Å². The molecule has 24 heavy (non-hydrogen) atoms. The highest BCUT2D eigenvalue weighted by Crippen LogP contribution is 2.22. The average Bonchev–Trinajstić information content (AvgIpc) is 3.00. The molecule has 3 N–H and O–H groups in total. The molecule has 0 unspecified atom stereocenters.